The molecule has 1 atom stereocenters. The fourth-order valence-corrected chi connectivity index (χ4v) is 4.89. The fourth-order valence-electron chi connectivity index (χ4n) is 3.96. The van der Waals surface area contributed by atoms with Crippen molar-refractivity contribution in [2.45, 2.75) is 38.7 Å². The lowest BCUT2D eigenvalue weighted by atomic mass is 10.1. The lowest BCUT2D eigenvalue weighted by molar-refractivity contribution is -0.150. The van der Waals surface area contributed by atoms with E-state index in [4.69, 9.17) is 13.9 Å². The predicted molar refractivity (Wildman–Crippen MR) is 132 cm³/mol. The molecule has 1 N–H and O–H groups in total. The second-order valence-electron chi connectivity index (χ2n) is 8.68. The zero-order valence-electron chi connectivity index (χ0n) is 19.0. The molecule has 0 aliphatic heterocycles. The van der Waals surface area contributed by atoms with Crippen LogP contribution in [-0.2, 0) is 22.4 Å². The molecule has 1 aliphatic carbocycles. The molecule has 6 nitrogen and oxygen atoms in total. The van der Waals surface area contributed by atoms with Crippen LogP contribution in [0.3, 0.4) is 0 Å². The lowest BCUT2D eigenvalue weighted by Gasteiger charge is -2.15. The maximum atomic E-state index is 11.7. The second-order valence-corrected chi connectivity index (χ2v) is 9.60. The Kier molecular flexibility index (Phi) is 6.65. The van der Waals surface area contributed by atoms with Crippen molar-refractivity contribution in [1.82, 2.24) is 4.98 Å². The maximum Gasteiger partial charge on any atom is 0.333 e. The monoisotopic (exact) mass is 477 g/mol. The van der Waals surface area contributed by atoms with Gasteiger partial charge in [0.1, 0.15) is 11.5 Å². The van der Waals surface area contributed by atoms with Crippen LogP contribution in [0.2, 0.25) is 0 Å². The number of ether oxygens (including phenoxy) is 2. The molecule has 5 rings (SSSR count). The van der Waals surface area contributed by atoms with Crippen LogP contribution in [0, 0.1) is 12.8 Å². The number of thiophene rings is 1. The van der Waals surface area contributed by atoms with Crippen molar-refractivity contribution in [1.29, 1.82) is 0 Å². The maximum absolute atomic E-state index is 11.7. The molecule has 0 amide bonds. The highest BCUT2D eigenvalue weighted by Gasteiger charge is 2.27. The van der Waals surface area contributed by atoms with Gasteiger partial charge in [-0.15, -0.1) is 11.3 Å². The highest BCUT2D eigenvalue weighted by atomic mass is 32.1. The summed E-state index contributed by atoms with van der Waals surface area (Å²) in [5.41, 5.74) is 2.81. The van der Waals surface area contributed by atoms with Crippen LogP contribution in [0.5, 0.6) is 5.75 Å². The molecule has 4 aromatic rings. The Bertz CT molecular complexity index is 1270. The van der Waals surface area contributed by atoms with Crippen LogP contribution < -0.4 is 4.74 Å². The van der Waals surface area contributed by atoms with Crippen LogP contribution in [0.1, 0.15) is 29.9 Å². The Morgan fingerprint density at radius 3 is 2.79 bits per heavy atom. The van der Waals surface area contributed by atoms with E-state index in [1.54, 1.807) is 11.3 Å². The molecule has 0 radical (unpaired) electrons. The quantitative estimate of drug-likeness (QED) is 0.289. The van der Waals surface area contributed by atoms with E-state index < -0.39 is 12.1 Å². The van der Waals surface area contributed by atoms with Gasteiger partial charge in [0.2, 0.25) is 5.89 Å². The van der Waals surface area contributed by atoms with E-state index in [9.17, 15) is 9.90 Å². The molecule has 2 heterocycles. The number of nitrogens with zero attached hydrogens (tertiary/aromatic N) is 1. The predicted octanol–water partition coefficient (Wildman–Crippen LogP) is 5.91. The van der Waals surface area contributed by atoms with Gasteiger partial charge in [-0.25, -0.2) is 9.78 Å². The number of aromatic nitrogens is 1. The normalized spacial score (nSPS) is 14.4. The standard InChI is InChI=1S/C27H27NO5S/c1-17-22(28-26(33-17)19-5-3-2-4-6-19)11-13-31-23-10-9-20(25-21(23)12-14-34-25)15-24(27(29)30)32-16-18-7-8-18/h2-6,9-10,12,14,18,24H,7-8,11,13,15-16H2,1H3,(H,29,30)/t24-/m0/s1. The third-order valence-corrected chi connectivity index (χ3v) is 7.07. The van der Waals surface area contributed by atoms with Gasteiger partial charge in [0.25, 0.3) is 0 Å². The van der Waals surface area contributed by atoms with Crippen molar-refractivity contribution in [3.8, 4) is 17.2 Å². The molecular weight excluding hydrogens is 450 g/mol. The van der Waals surface area contributed by atoms with Crippen LogP contribution in [0.15, 0.2) is 58.3 Å². The van der Waals surface area contributed by atoms with Crippen LogP contribution >= 0.6 is 11.3 Å². The molecule has 1 aliphatic rings. The first kappa shape index (κ1) is 22.6. The number of hydrogen-bond donors (Lipinski definition) is 1. The first-order chi connectivity index (χ1) is 16.6. The Hall–Kier alpha value is -3.16. The third-order valence-electron chi connectivity index (χ3n) is 6.08. The largest absolute Gasteiger partial charge is 0.493 e. The van der Waals surface area contributed by atoms with Crippen molar-refractivity contribution in [2.24, 2.45) is 5.92 Å². The van der Waals surface area contributed by atoms with Gasteiger partial charge in [-0.3, -0.25) is 0 Å². The average Bonchev–Trinajstić information content (AvgIpc) is 3.40. The molecule has 34 heavy (non-hydrogen) atoms. The minimum atomic E-state index is -0.913. The first-order valence-electron chi connectivity index (χ1n) is 11.6. The number of carbonyl (C=O) groups is 1. The number of aryl methyl sites for hydroxylation is 1. The second kappa shape index (κ2) is 9.99. The summed E-state index contributed by atoms with van der Waals surface area (Å²) in [5, 5.41) is 12.6. The Labute approximate surface area is 202 Å². The number of carboxylic acids is 1. The molecule has 0 saturated heterocycles. The van der Waals surface area contributed by atoms with Gasteiger partial charge >= 0.3 is 5.97 Å². The van der Waals surface area contributed by atoms with E-state index in [-0.39, 0.29) is 0 Å². The van der Waals surface area contributed by atoms with Gasteiger partial charge in [0.05, 0.1) is 18.9 Å². The molecule has 0 unspecified atom stereocenters. The molecule has 176 valence electrons. The van der Waals surface area contributed by atoms with Crippen LogP contribution in [0.4, 0.5) is 0 Å². The van der Waals surface area contributed by atoms with Gasteiger partial charge in [0, 0.05) is 28.5 Å². The summed E-state index contributed by atoms with van der Waals surface area (Å²) in [6.07, 6.45) is 2.42. The Morgan fingerprint density at radius 1 is 1.21 bits per heavy atom. The average molecular weight is 478 g/mol. The van der Waals surface area contributed by atoms with Crippen molar-refractivity contribution >= 4 is 27.4 Å². The number of fused-ring (bicyclic) bond motifs is 1. The van der Waals surface area contributed by atoms with Gasteiger partial charge in [-0.2, -0.15) is 0 Å². The third kappa shape index (κ3) is 5.16. The molecular formula is C27H27NO5S. The van der Waals surface area contributed by atoms with Crippen molar-refractivity contribution in [2.75, 3.05) is 13.2 Å². The number of oxazole rings is 1. The number of carboxylic acid groups (broad SMARTS) is 1. The first-order valence-corrected chi connectivity index (χ1v) is 12.4. The number of hydrogen-bond acceptors (Lipinski definition) is 6. The molecule has 0 spiro atoms. The summed E-state index contributed by atoms with van der Waals surface area (Å²) in [5.74, 6) is 1.81. The molecule has 1 saturated carbocycles. The number of aliphatic carboxylic acids is 1. The van der Waals surface area contributed by atoms with E-state index in [1.807, 2.05) is 60.8 Å². The zero-order valence-corrected chi connectivity index (χ0v) is 19.8. The Balaban J connectivity index is 1.25. The smallest absolute Gasteiger partial charge is 0.333 e. The minimum Gasteiger partial charge on any atom is -0.493 e. The van der Waals surface area contributed by atoms with Gasteiger partial charge < -0.3 is 19.0 Å². The van der Waals surface area contributed by atoms with Crippen LogP contribution in [0.25, 0.3) is 21.5 Å². The molecule has 7 heteroatoms. The number of rotatable bonds is 11. The van der Waals surface area contributed by atoms with E-state index in [0.29, 0.717) is 37.9 Å². The highest BCUT2D eigenvalue weighted by molar-refractivity contribution is 7.17. The summed E-state index contributed by atoms with van der Waals surface area (Å²) in [6.45, 7) is 2.91. The van der Waals surface area contributed by atoms with Gasteiger partial charge in [0.15, 0.2) is 6.10 Å². The minimum absolute atomic E-state index is 0.347. The molecule has 2 aromatic heterocycles. The van der Waals surface area contributed by atoms with E-state index in [1.165, 1.54) is 0 Å². The lowest BCUT2D eigenvalue weighted by Crippen LogP contribution is -2.27. The van der Waals surface area contributed by atoms with Crippen LogP contribution in [-0.4, -0.2) is 35.4 Å². The topological polar surface area (TPSA) is 81.8 Å². The highest BCUT2D eigenvalue weighted by Crippen LogP contribution is 2.34. The van der Waals surface area contributed by atoms with E-state index >= 15 is 0 Å². The Morgan fingerprint density at radius 2 is 2.03 bits per heavy atom. The van der Waals surface area contributed by atoms with E-state index in [2.05, 4.69) is 4.98 Å². The molecule has 0 bridgehead atoms. The van der Waals surface area contributed by atoms with Gasteiger partial charge in [-0.1, -0.05) is 24.3 Å². The summed E-state index contributed by atoms with van der Waals surface area (Å²) < 4.78 is 18.7. The zero-order chi connectivity index (χ0) is 23.5. The molecule has 2 aromatic carbocycles. The van der Waals surface area contributed by atoms with Crippen molar-refractivity contribution in [3.63, 3.8) is 0 Å². The SMILES string of the molecule is Cc1oc(-c2ccccc2)nc1CCOc1ccc(C[C@H](OCC2CC2)C(=O)O)c2sccc12. The fraction of sp³-hybridized carbons (Fsp3) is 0.333. The number of benzene rings is 2. The summed E-state index contributed by atoms with van der Waals surface area (Å²) in [4.78, 5) is 16.4. The summed E-state index contributed by atoms with van der Waals surface area (Å²) in [6, 6.07) is 15.8. The summed E-state index contributed by atoms with van der Waals surface area (Å²) >= 11 is 1.60. The van der Waals surface area contributed by atoms with Crippen molar-refractivity contribution < 1.29 is 23.8 Å². The molecule has 1 fully saturated rings. The summed E-state index contributed by atoms with van der Waals surface area (Å²) in [7, 11) is 0. The van der Waals surface area contributed by atoms with Crippen molar-refractivity contribution in [3.05, 3.63) is 70.9 Å². The van der Waals surface area contributed by atoms with E-state index in [0.717, 1.165) is 51.3 Å². The van der Waals surface area contributed by atoms with Gasteiger partial charge in [-0.05, 0) is 60.9 Å².